The van der Waals surface area contributed by atoms with Crippen molar-refractivity contribution in [3.05, 3.63) is 40.5 Å². The Balaban J connectivity index is 1.85. The van der Waals surface area contributed by atoms with Gasteiger partial charge in [-0.2, -0.15) is 5.10 Å². The number of rotatable bonds is 5. The lowest BCUT2D eigenvalue weighted by Crippen LogP contribution is -2.20. The van der Waals surface area contributed by atoms with E-state index in [1.807, 2.05) is 0 Å². The van der Waals surface area contributed by atoms with Crippen LogP contribution in [0.2, 0.25) is 0 Å². The van der Waals surface area contributed by atoms with Crippen molar-refractivity contribution >= 4 is 33.6 Å². The molecule has 0 saturated heterocycles. The van der Waals surface area contributed by atoms with Crippen molar-refractivity contribution < 1.29 is 19.4 Å². The predicted octanol–water partition coefficient (Wildman–Crippen LogP) is 1.89. The molecular weight excluding hydrogens is 330 g/mol. The number of amides is 1. The summed E-state index contributed by atoms with van der Waals surface area (Å²) < 4.78 is 6.17. The lowest BCUT2D eigenvalue weighted by atomic mass is 10.3. The van der Waals surface area contributed by atoms with E-state index in [1.54, 1.807) is 24.3 Å². The first kappa shape index (κ1) is 14.1. The zero-order valence-corrected chi connectivity index (χ0v) is 11.7. The number of carboxylic acid groups (broad SMARTS) is 1. The number of H-pyrrole nitrogens is 1. The van der Waals surface area contributed by atoms with Crippen molar-refractivity contribution in [1.29, 1.82) is 0 Å². The minimum atomic E-state index is -1.15. The van der Waals surface area contributed by atoms with E-state index < -0.39 is 11.9 Å². The molecule has 0 unspecified atom stereocenters. The van der Waals surface area contributed by atoms with Crippen LogP contribution in [0.25, 0.3) is 0 Å². The minimum Gasteiger partial charge on any atom is -0.484 e. The average Bonchev–Trinajstić information content (AvgIpc) is 2.87. The van der Waals surface area contributed by atoms with E-state index in [0.717, 1.165) is 4.47 Å². The molecular formula is C12H10BrN3O4. The number of carboxylic acids is 1. The molecule has 0 bridgehead atoms. The normalized spacial score (nSPS) is 10.1. The number of aromatic nitrogens is 2. The molecule has 3 N–H and O–H groups in total. The third kappa shape index (κ3) is 3.82. The van der Waals surface area contributed by atoms with Crippen molar-refractivity contribution in [2.75, 3.05) is 11.9 Å². The van der Waals surface area contributed by atoms with Gasteiger partial charge in [0.25, 0.3) is 5.91 Å². The highest BCUT2D eigenvalue weighted by Gasteiger charge is 2.10. The summed E-state index contributed by atoms with van der Waals surface area (Å²) in [6, 6.07) is 8.24. The van der Waals surface area contributed by atoms with E-state index in [4.69, 9.17) is 9.84 Å². The van der Waals surface area contributed by atoms with Gasteiger partial charge in [0.1, 0.15) is 11.4 Å². The Hall–Kier alpha value is -2.35. The Morgan fingerprint density at radius 2 is 2.05 bits per heavy atom. The molecule has 1 aromatic carbocycles. The third-order valence-corrected chi connectivity index (χ3v) is 2.79. The van der Waals surface area contributed by atoms with Gasteiger partial charge in [-0.1, -0.05) is 15.9 Å². The molecule has 1 amide bonds. The molecule has 0 radical (unpaired) electrons. The highest BCUT2D eigenvalue weighted by molar-refractivity contribution is 9.10. The van der Waals surface area contributed by atoms with Gasteiger partial charge in [-0.3, -0.25) is 9.89 Å². The fraction of sp³-hybridized carbons (Fsp3) is 0.0833. The van der Waals surface area contributed by atoms with Crippen molar-refractivity contribution in [2.45, 2.75) is 0 Å². The summed E-state index contributed by atoms with van der Waals surface area (Å²) in [5.41, 5.74) is -0.103. The second-order valence-corrected chi connectivity index (χ2v) is 4.68. The van der Waals surface area contributed by atoms with Gasteiger partial charge in [-0.15, -0.1) is 0 Å². The Labute approximate surface area is 122 Å². The molecule has 0 aliphatic heterocycles. The standard InChI is InChI=1S/C12H10BrN3O4/c13-7-1-3-8(4-2-7)20-6-11(17)14-10-5-9(12(18)19)15-16-10/h1-5H,6H2,(H,18,19)(H2,14,15,16,17). The molecule has 7 nitrogen and oxygen atoms in total. The van der Waals surface area contributed by atoms with E-state index in [2.05, 4.69) is 31.4 Å². The molecule has 0 aliphatic rings. The lowest BCUT2D eigenvalue weighted by molar-refractivity contribution is -0.118. The first-order valence-electron chi connectivity index (χ1n) is 5.51. The van der Waals surface area contributed by atoms with Crippen LogP contribution >= 0.6 is 15.9 Å². The Morgan fingerprint density at radius 1 is 1.35 bits per heavy atom. The van der Waals surface area contributed by atoms with E-state index in [1.165, 1.54) is 6.07 Å². The zero-order valence-electron chi connectivity index (χ0n) is 10.1. The summed E-state index contributed by atoms with van der Waals surface area (Å²) in [7, 11) is 0. The van der Waals surface area contributed by atoms with Gasteiger partial charge in [0, 0.05) is 10.5 Å². The van der Waals surface area contributed by atoms with Gasteiger partial charge >= 0.3 is 5.97 Å². The van der Waals surface area contributed by atoms with Crippen LogP contribution in [0.5, 0.6) is 5.75 Å². The molecule has 0 fully saturated rings. The quantitative estimate of drug-likeness (QED) is 0.771. The predicted molar refractivity (Wildman–Crippen MR) is 73.8 cm³/mol. The van der Waals surface area contributed by atoms with E-state index in [9.17, 15) is 9.59 Å². The van der Waals surface area contributed by atoms with Crippen LogP contribution in [0.3, 0.4) is 0 Å². The first-order chi connectivity index (χ1) is 9.54. The molecule has 104 valence electrons. The number of nitrogens with one attached hydrogen (secondary N) is 2. The Morgan fingerprint density at radius 3 is 2.65 bits per heavy atom. The number of benzene rings is 1. The van der Waals surface area contributed by atoms with Crippen LogP contribution < -0.4 is 10.1 Å². The van der Waals surface area contributed by atoms with Crippen LogP contribution in [0.15, 0.2) is 34.8 Å². The van der Waals surface area contributed by atoms with Gasteiger partial charge < -0.3 is 15.2 Å². The molecule has 1 heterocycles. The summed E-state index contributed by atoms with van der Waals surface area (Å²) in [4.78, 5) is 22.2. The smallest absolute Gasteiger partial charge is 0.353 e. The monoisotopic (exact) mass is 339 g/mol. The van der Waals surface area contributed by atoms with Crippen LogP contribution in [0.4, 0.5) is 5.82 Å². The number of anilines is 1. The minimum absolute atomic E-state index is 0.103. The summed E-state index contributed by atoms with van der Waals surface area (Å²) in [6.07, 6.45) is 0. The maximum atomic E-state index is 11.6. The van der Waals surface area contributed by atoms with Crippen LogP contribution in [-0.4, -0.2) is 33.8 Å². The molecule has 0 atom stereocenters. The fourth-order valence-corrected chi connectivity index (χ4v) is 1.62. The average molecular weight is 340 g/mol. The number of nitrogens with zero attached hydrogens (tertiary/aromatic N) is 1. The lowest BCUT2D eigenvalue weighted by Gasteiger charge is -2.05. The topological polar surface area (TPSA) is 104 Å². The van der Waals surface area contributed by atoms with Crippen molar-refractivity contribution in [3.63, 3.8) is 0 Å². The molecule has 1 aromatic heterocycles. The number of aromatic amines is 1. The second-order valence-electron chi connectivity index (χ2n) is 3.76. The van der Waals surface area contributed by atoms with Crippen molar-refractivity contribution in [3.8, 4) is 5.75 Å². The number of carbonyl (C=O) groups is 2. The molecule has 2 aromatic rings. The first-order valence-corrected chi connectivity index (χ1v) is 6.31. The molecule has 0 saturated carbocycles. The maximum Gasteiger partial charge on any atom is 0.353 e. The second kappa shape index (κ2) is 6.20. The van der Waals surface area contributed by atoms with E-state index >= 15 is 0 Å². The van der Waals surface area contributed by atoms with E-state index in [0.29, 0.717) is 5.75 Å². The van der Waals surface area contributed by atoms with Crippen LogP contribution in [-0.2, 0) is 4.79 Å². The fourth-order valence-electron chi connectivity index (χ4n) is 1.35. The summed E-state index contributed by atoms with van der Waals surface area (Å²) in [5, 5.41) is 17.0. The SMILES string of the molecule is O=C(COc1ccc(Br)cc1)Nc1cc(C(=O)O)[nH]n1. The van der Waals surface area contributed by atoms with E-state index in [-0.39, 0.29) is 18.1 Å². The molecule has 2 rings (SSSR count). The van der Waals surface area contributed by atoms with Crippen molar-refractivity contribution in [2.24, 2.45) is 0 Å². The Bertz CT molecular complexity index is 624. The molecule has 8 heteroatoms. The number of carbonyl (C=O) groups excluding carboxylic acids is 1. The number of hydrogen-bond donors (Lipinski definition) is 3. The van der Waals surface area contributed by atoms with Crippen LogP contribution in [0.1, 0.15) is 10.5 Å². The van der Waals surface area contributed by atoms with Gasteiger partial charge in [-0.05, 0) is 24.3 Å². The molecule has 0 aliphatic carbocycles. The Kier molecular flexibility index (Phi) is 4.36. The summed E-state index contributed by atoms with van der Waals surface area (Å²) in [5.74, 6) is -0.899. The van der Waals surface area contributed by atoms with Gasteiger partial charge in [0.2, 0.25) is 0 Å². The maximum absolute atomic E-state index is 11.6. The van der Waals surface area contributed by atoms with Gasteiger partial charge in [0.05, 0.1) is 0 Å². The number of hydrogen-bond acceptors (Lipinski definition) is 4. The van der Waals surface area contributed by atoms with Crippen LogP contribution in [0, 0.1) is 0 Å². The van der Waals surface area contributed by atoms with Gasteiger partial charge in [-0.25, -0.2) is 4.79 Å². The summed E-state index contributed by atoms with van der Waals surface area (Å²) in [6.45, 7) is -0.198. The largest absolute Gasteiger partial charge is 0.484 e. The number of halogens is 1. The highest BCUT2D eigenvalue weighted by atomic mass is 79.9. The zero-order chi connectivity index (χ0) is 14.5. The molecule has 0 spiro atoms. The van der Waals surface area contributed by atoms with Crippen molar-refractivity contribution in [1.82, 2.24) is 10.2 Å². The highest BCUT2D eigenvalue weighted by Crippen LogP contribution is 2.16. The number of ether oxygens (including phenoxy) is 1. The van der Waals surface area contributed by atoms with Gasteiger partial charge in [0.15, 0.2) is 12.4 Å². The third-order valence-electron chi connectivity index (χ3n) is 2.26. The molecule has 20 heavy (non-hydrogen) atoms. The summed E-state index contributed by atoms with van der Waals surface area (Å²) >= 11 is 3.29. The number of aromatic carboxylic acids is 1.